The van der Waals surface area contributed by atoms with Crippen LogP contribution in [0.15, 0.2) is 30.3 Å². The fourth-order valence-corrected chi connectivity index (χ4v) is 10.2. The van der Waals surface area contributed by atoms with Gasteiger partial charge in [-0.05, 0) is 35.2 Å². The molecule has 6 aliphatic carbocycles. The Hall–Kier alpha value is 0.140. The van der Waals surface area contributed by atoms with Crippen molar-refractivity contribution in [3.8, 4) is 0 Å². The van der Waals surface area contributed by atoms with Crippen LogP contribution in [0.5, 0.6) is 0 Å². The molecule has 6 aliphatic rings. The van der Waals surface area contributed by atoms with Gasteiger partial charge < -0.3 is 5.11 Å². The van der Waals surface area contributed by atoms with Crippen LogP contribution in [0.1, 0.15) is 5.56 Å². The van der Waals surface area contributed by atoms with Crippen molar-refractivity contribution >= 4 is 31.9 Å². The van der Waals surface area contributed by atoms with Gasteiger partial charge in [0.05, 0.1) is 4.32 Å². The van der Waals surface area contributed by atoms with E-state index in [9.17, 15) is 5.11 Å². The molecule has 0 radical (unpaired) electrons. The SMILES string of the molecule is O[C@]1(c2ccccc2)C2[C@@H]3[C@@H]4C5[C@@H]([C@@H]2C53Br)C41Br. The average Bonchev–Trinajstić information content (AvgIpc) is 2.54. The number of halogens is 2. The van der Waals surface area contributed by atoms with E-state index in [4.69, 9.17) is 0 Å². The van der Waals surface area contributed by atoms with Crippen LogP contribution >= 0.6 is 31.9 Å². The summed E-state index contributed by atoms with van der Waals surface area (Å²) >= 11 is 7.99. The zero-order chi connectivity index (χ0) is 12.1. The third-order valence-corrected chi connectivity index (χ3v) is 10.4. The van der Waals surface area contributed by atoms with E-state index < -0.39 is 5.60 Å². The highest BCUT2D eigenvalue weighted by Crippen LogP contribution is 3.03. The van der Waals surface area contributed by atoms with Gasteiger partial charge in [0.15, 0.2) is 0 Å². The maximum atomic E-state index is 11.5. The summed E-state index contributed by atoms with van der Waals surface area (Å²) in [5.74, 6) is 4.17. The lowest BCUT2D eigenvalue weighted by Crippen LogP contribution is -2.93. The van der Waals surface area contributed by atoms with E-state index in [1.165, 1.54) is 0 Å². The van der Waals surface area contributed by atoms with Crippen molar-refractivity contribution in [3.63, 3.8) is 0 Å². The predicted molar refractivity (Wildman–Crippen MR) is 74.6 cm³/mol. The molecular formula is C15H12Br2O. The Labute approximate surface area is 122 Å². The zero-order valence-electron chi connectivity index (χ0n) is 9.55. The number of hydrogen-bond donors (Lipinski definition) is 1. The highest BCUT2D eigenvalue weighted by Gasteiger charge is 3.07. The molecule has 18 heavy (non-hydrogen) atoms. The first kappa shape index (κ1) is 9.95. The first-order chi connectivity index (χ1) is 8.59. The molecule has 1 N–H and O–H groups in total. The van der Waals surface area contributed by atoms with Crippen molar-refractivity contribution in [1.29, 1.82) is 0 Å². The summed E-state index contributed by atoms with van der Waals surface area (Å²) in [7, 11) is 0. The summed E-state index contributed by atoms with van der Waals surface area (Å²) in [4.78, 5) is 0. The van der Waals surface area contributed by atoms with Crippen molar-refractivity contribution in [2.75, 3.05) is 0 Å². The Bertz CT molecular complexity index is 594. The molecule has 0 saturated heterocycles. The van der Waals surface area contributed by atoms with Crippen LogP contribution in [0, 0.1) is 35.5 Å². The predicted octanol–water partition coefficient (Wildman–Crippen LogP) is 2.91. The van der Waals surface area contributed by atoms with Crippen LogP contribution in [-0.2, 0) is 5.60 Å². The van der Waals surface area contributed by atoms with Gasteiger partial charge >= 0.3 is 0 Å². The molecule has 0 aromatic heterocycles. The number of alkyl halides is 2. The number of aliphatic hydroxyl groups is 1. The van der Waals surface area contributed by atoms with Crippen LogP contribution in [0.4, 0.5) is 0 Å². The van der Waals surface area contributed by atoms with Gasteiger partial charge in [0.1, 0.15) is 5.60 Å². The first-order valence-electron chi connectivity index (χ1n) is 6.74. The lowest BCUT2D eigenvalue weighted by atomic mass is 9.20. The van der Waals surface area contributed by atoms with Crippen molar-refractivity contribution in [2.45, 2.75) is 14.2 Å². The minimum atomic E-state index is -0.622. The van der Waals surface area contributed by atoms with Gasteiger partial charge in [0, 0.05) is 10.2 Å². The molecule has 0 unspecified atom stereocenters. The molecule has 0 spiro atoms. The van der Waals surface area contributed by atoms with Crippen molar-refractivity contribution in [2.24, 2.45) is 35.5 Å². The van der Waals surface area contributed by atoms with E-state index in [-0.39, 0.29) is 4.32 Å². The highest BCUT2D eigenvalue weighted by molar-refractivity contribution is 9.10. The summed E-state index contributed by atoms with van der Waals surface area (Å²) in [5.41, 5.74) is 0.505. The van der Waals surface area contributed by atoms with Crippen LogP contribution in [0.3, 0.4) is 0 Å². The molecule has 1 aromatic rings. The number of hydrogen-bond acceptors (Lipinski definition) is 1. The van der Waals surface area contributed by atoms with Gasteiger partial charge in [-0.1, -0.05) is 62.2 Å². The van der Waals surface area contributed by atoms with E-state index in [1.807, 2.05) is 6.07 Å². The Morgan fingerprint density at radius 1 is 0.833 bits per heavy atom. The summed E-state index contributed by atoms with van der Waals surface area (Å²) in [6, 6.07) is 10.3. The van der Waals surface area contributed by atoms with Gasteiger partial charge in [-0.2, -0.15) is 0 Å². The third-order valence-electron chi connectivity index (χ3n) is 7.10. The molecule has 0 amide bonds. The quantitative estimate of drug-likeness (QED) is 0.756. The third kappa shape index (κ3) is 0.535. The monoisotopic (exact) mass is 366 g/mol. The van der Waals surface area contributed by atoms with Crippen LogP contribution in [0.2, 0.25) is 0 Å². The fourth-order valence-electron chi connectivity index (χ4n) is 6.84. The molecule has 6 saturated carbocycles. The van der Waals surface area contributed by atoms with Gasteiger partial charge in [-0.15, -0.1) is 0 Å². The van der Waals surface area contributed by atoms with Gasteiger partial charge in [0.25, 0.3) is 0 Å². The smallest absolute Gasteiger partial charge is 0.109 e. The molecule has 1 aromatic carbocycles. The summed E-state index contributed by atoms with van der Waals surface area (Å²) in [6.45, 7) is 0. The van der Waals surface area contributed by atoms with E-state index in [1.54, 1.807) is 0 Å². The molecular weight excluding hydrogens is 356 g/mol. The molecule has 0 aliphatic heterocycles. The van der Waals surface area contributed by atoms with E-state index in [2.05, 4.69) is 56.1 Å². The maximum absolute atomic E-state index is 11.5. The molecule has 6 fully saturated rings. The molecule has 92 valence electrons. The second kappa shape index (κ2) is 2.29. The molecule has 1 nitrogen and oxygen atoms in total. The molecule has 2 bridgehead atoms. The highest BCUT2D eigenvalue weighted by atomic mass is 79.9. The van der Waals surface area contributed by atoms with Gasteiger partial charge in [-0.3, -0.25) is 0 Å². The van der Waals surface area contributed by atoms with E-state index >= 15 is 0 Å². The molecule has 5 atom stereocenters. The Kier molecular flexibility index (Phi) is 1.27. The fraction of sp³-hybridized carbons (Fsp3) is 0.600. The van der Waals surface area contributed by atoms with E-state index in [0.29, 0.717) is 33.9 Å². The lowest BCUT2D eigenvalue weighted by molar-refractivity contribution is -0.337. The number of benzene rings is 1. The minimum Gasteiger partial charge on any atom is -0.383 e. The van der Waals surface area contributed by atoms with Gasteiger partial charge in [0.2, 0.25) is 0 Å². The molecule has 3 heteroatoms. The second-order valence-electron chi connectivity index (χ2n) is 6.88. The Morgan fingerprint density at radius 2 is 1.39 bits per heavy atom. The van der Waals surface area contributed by atoms with Crippen molar-refractivity contribution < 1.29 is 5.11 Å². The number of rotatable bonds is 1. The summed E-state index contributed by atoms with van der Waals surface area (Å²) in [5, 5.41) is 11.5. The van der Waals surface area contributed by atoms with E-state index in [0.717, 1.165) is 11.5 Å². The lowest BCUT2D eigenvalue weighted by Gasteiger charge is -2.90. The molecule has 0 heterocycles. The van der Waals surface area contributed by atoms with Gasteiger partial charge in [-0.25, -0.2) is 0 Å². The minimum absolute atomic E-state index is 0.0124. The van der Waals surface area contributed by atoms with Crippen LogP contribution < -0.4 is 0 Å². The molecule has 7 rings (SSSR count). The normalized spacial score (nSPS) is 71.7. The Balaban J connectivity index is 1.62. The summed E-state index contributed by atoms with van der Waals surface area (Å²) < 4.78 is 0.422. The van der Waals surface area contributed by atoms with Crippen molar-refractivity contribution in [3.05, 3.63) is 35.9 Å². The van der Waals surface area contributed by atoms with Crippen molar-refractivity contribution in [1.82, 2.24) is 0 Å². The largest absolute Gasteiger partial charge is 0.383 e. The van der Waals surface area contributed by atoms with Crippen LogP contribution in [-0.4, -0.2) is 13.8 Å². The Morgan fingerprint density at radius 3 is 1.94 bits per heavy atom. The topological polar surface area (TPSA) is 20.2 Å². The summed E-state index contributed by atoms with van der Waals surface area (Å²) in [6.07, 6.45) is 0. The van der Waals surface area contributed by atoms with Crippen LogP contribution in [0.25, 0.3) is 0 Å². The zero-order valence-corrected chi connectivity index (χ0v) is 12.7. The maximum Gasteiger partial charge on any atom is 0.109 e. The first-order valence-corrected chi connectivity index (χ1v) is 8.33. The average molecular weight is 368 g/mol. The standard InChI is InChI=1S/C15H12Br2O/c16-13-7-10-8(13)12-9(13)11(7)14(10,17)15(12,18)6-4-2-1-3-5-6/h1-5,7-12,18H/t7?,8-,9-,10-,11-,12?,13?,14?,15+/m0/s1. The second-order valence-corrected chi connectivity index (χ2v) is 9.57.